The molecular weight excluding hydrogens is 339 g/mol. The molecule has 2 aromatic rings. The van der Waals surface area contributed by atoms with Crippen LogP contribution >= 0.6 is 11.3 Å². The van der Waals surface area contributed by atoms with Gasteiger partial charge in [-0.1, -0.05) is 6.07 Å². The molecule has 2 rings (SSSR count). The third-order valence-electron chi connectivity index (χ3n) is 2.87. The van der Waals surface area contributed by atoms with Gasteiger partial charge >= 0.3 is 6.18 Å². The van der Waals surface area contributed by atoms with Crippen molar-refractivity contribution in [1.82, 2.24) is 14.5 Å². The molecule has 2 aromatic heterocycles. The van der Waals surface area contributed by atoms with Gasteiger partial charge < -0.3 is 0 Å². The fraction of sp³-hybridized carbons (Fsp3) is 0.417. The molecule has 5 nitrogen and oxygen atoms in total. The lowest BCUT2D eigenvalue weighted by Crippen LogP contribution is -2.34. The quantitative estimate of drug-likeness (QED) is 0.831. The monoisotopic (exact) mass is 353 g/mol. The van der Waals surface area contributed by atoms with Gasteiger partial charge in [0, 0.05) is 23.8 Å². The van der Waals surface area contributed by atoms with E-state index in [1.54, 1.807) is 23.1 Å². The van der Waals surface area contributed by atoms with Gasteiger partial charge in [0.15, 0.2) is 0 Å². The zero-order valence-electron chi connectivity index (χ0n) is 11.3. The molecule has 0 radical (unpaired) electrons. The Balaban J connectivity index is 2.03. The molecule has 0 bridgehead atoms. The van der Waals surface area contributed by atoms with Gasteiger partial charge in [-0.2, -0.15) is 18.3 Å². The van der Waals surface area contributed by atoms with E-state index in [9.17, 15) is 21.6 Å². The Morgan fingerprint density at radius 1 is 1.36 bits per heavy atom. The van der Waals surface area contributed by atoms with Gasteiger partial charge in [0.2, 0.25) is 10.0 Å². The van der Waals surface area contributed by atoms with Crippen molar-refractivity contribution in [2.45, 2.75) is 18.6 Å². The summed E-state index contributed by atoms with van der Waals surface area (Å²) in [7, 11) is -4.00. The second kappa shape index (κ2) is 6.80. The van der Waals surface area contributed by atoms with Crippen molar-refractivity contribution < 1.29 is 21.6 Å². The first kappa shape index (κ1) is 17.0. The Bertz CT molecular complexity index is 633. The largest absolute Gasteiger partial charge is 0.390 e. The van der Waals surface area contributed by atoms with Crippen LogP contribution in [0.3, 0.4) is 0 Å². The molecule has 1 atom stereocenters. The van der Waals surface area contributed by atoms with Gasteiger partial charge in [-0.3, -0.25) is 4.68 Å². The van der Waals surface area contributed by atoms with Crippen LogP contribution in [0.4, 0.5) is 13.2 Å². The Morgan fingerprint density at radius 3 is 2.68 bits per heavy atom. The van der Waals surface area contributed by atoms with Crippen LogP contribution in [-0.2, 0) is 10.0 Å². The zero-order chi connectivity index (χ0) is 16.2. The third kappa shape index (κ3) is 5.11. The number of hydrogen-bond donors (Lipinski definition) is 1. The summed E-state index contributed by atoms with van der Waals surface area (Å²) in [6, 6.07) is 4.93. The molecule has 0 spiro atoms. The minimum Gasteiger partial charge on any atom is -0.263 e. The average molecular weight is 353 g/mol. The molecule has 0 aliphatic carbocycles. The summed E-state index contributed by atoms with van der Waals surface area (Å²) in [5.41, 5.74) is 0. The lowest BCUT2D eigenvalue weighted by Gasteiger charge is -2.17. The predicted octanol–water partition coefficient (Wildman–Crippen LogP) is 2.41. The number of aromatic nitrogens is 2. The highest BCUT2D eigenvalue weighted by atomic mass is 32.2. The lowest BCUT2D eigenvalue weighted by atomic mass is 10.2. The van der Waals surface area contributed by atoms with Crippen LogP contribution in [0.25, 0.3) is 0 Å². The summed E-state index contributed by atoms with van der Waals surface area (Å²) in [5.74, 6) is -0.979. The van der Waals surface area contributed by atoms with Gasteiger partial charge in [-0.05, 0) is 17.5 Å². The van der Waals surface area contributed by atoms with E-state index < -0.39 is 34.4 Å². The molecule has 0 saturated carbocycles. The summed E-state index contributed by atoms with van der Waals surface area (Å²) in [6.07, 6.45) is -2.63. The van der Waals surface area contributed by atoms with Crippen LogP contribution in [0, 0.1) is 0 Å². The minimum atomic E-state index is -4.50. The number of nitrogens with one attached hydrogen (secondary N) is 1. The van der Waals surface area contributed by atoms with Crippen molar-refractivity contribution in [2.24, 2.45) is 0 Å². The molecule has 0 fully saturated rings. The van der Waals surface area contributed by atoms with E-state index >= 15 is 0 Å². The van der Waals surface area contributed by atoms with Gasteiger partial charge in [-0.15, -0.1) is 11.3 Å². The fourth-order valence-corrected chi connectivity index (χ4v) is 3.67. The van der Waals surface area contributed by atoms with E-state index in [1.807, 2.05) is 17.5 Å². The molecule has 0 aliphatic heterocycles. The topological polar surface area (TPSA) is 64.0 Å². The first-order chi connectivity index (χ1) is 10.3. The van der Waals surface area contributed by atoms with Crippen molar-refractivity contribution in [3.8, 4) is 0 Å². The maximum absolute atomic E-state index is 12.1. The molecule has 1 N–H and O–H groups in total. The Morgan fingerprint density at radius 2 is 2.14 bits per heavy atom. The minimum absolute atomic E-state index is 0.0532. The van der Waals surface area contributed by atoms with Crippen molar-refractivity contribution in [3.05, 3.63) is 40.8 Å². The number of halogens is 3. The molecule has 0 aromatic carbocycles. The van der Waals surface area contributed by atoms with Gasteiger partial charge in [-0.25, -0.2) is 13.1 Å². The molecular formula is C12H14F3N3O2S2. The third-order valence-corrected chi connectivity index (χ3v) is 5.19. The summed E-state index contributed by atoms with van der Waals surface area (Å²) in [4.78, 5) is 0.863. The second-order valence-electron chi connectivity index (χ2n) is 4.55. The normalized spacial score (nSPS) is 14.1. The van der Waals surface area contributed by atoms with Gasteiger partial charge in [0.1, 0.15) is 0 Å². The van der Waals surface area contributed by atoms with Crippen molar-refractivity contribution >= 4 is 21.4 Å². The number of nitrogens with zero attached hydrogens (tertiary/aromatic N) is 2. The number of rotatable bonds is 7. The van der Waals surface area contributed by atoms with E-state index in [0.29, 0.717) is 0 Å². The van der Waals surface area contributed by atoms with E-state index in [2.05, 4.69) is 9.82 Å². The van der Waals surface area contributed by atoms with Crippen LogP contribution in [0.5, 0.6) is 0 Å². The number of sulfonamides is 1. The van der Waals surface area contributed by atoms with Gasteiger partial charge in [0.05, 0.1) is 18.2 Å². The highest BCUT2D eigenvalue weighted by Crippen LogP contribution is 2.23. The Hall–Kier alpha value is -1.39. The first-order valence-corrected chi connectivity index (χ1v) is 8.87. The van der Waals surface area contributed by atoms with E-state index in [1.165, 1.54) is 11.3 Å². The van der Waals surface area contributed by atoms with Crippen molar-refractivity contribution in [3.63, 3.8) is 0 Å². The molecule has 1 unspecified atom stereocenters. The molecule has 122 valence electrons. The maximum Gasteiger partial charge on any atom is 0.390 e. The number of hydrogen-bond acceptors (Lipinski definition) is 4. The summed E-state index contributed by atoms with van der Waals surface area (Å²) >= 11 is 1.42. The van der Waals surface area contributed by atoms with E-state index in [4.69, 9.17) is 0 Å². The van der Waals surface area contributed by atoms with Crippen LogP contribution in [0.15, 0.2) is 36.0 Å². The first-order valence-electron chi connectivity index (χ1n) is 6.33. The average Bonchev–Trinajstić information content (AvgIpc) is 3.09. The SMILES string of the molecule is O=S(=O)(CCC(F)(F)F)NCC(c1cccs1)n1cccn1. The Labute approximate surface area is 129 Å². The van der Waals surface area contributed by atoms with Crippen LogP contribution in [0.2, 0.25) is 0 Å². The highest BCUT2D eigenvalue weighted by Gasteiger charge is 2.30. The van der Waals surface area contributed by atoms with Crippen LogP contribution in [-0.4, -0.2) is 36.7 Å². The predicted molar refractivity (Wildman–Crippen MR) is 77.1 cm³/mol. The summed E-state index contributed by atoms with van der Waals surface area (Å²) in [5, 5.41) is 5.90. The smallest absolute Gasteiger partial charge is 0.263 e. The molecule has 2 heterocycles. The lowest BCUT2D eigenvalue weighted by molar-refractivity contribution is -0.129. The summed E-state index contributed by atoms with van der Waals surface area (Å²) in [6.45, 7) is -0.0532. The zero-order valence-corrected chi connectivity index (χ0v) is 13.0. The Kier molecular flexibility index (Phi) is 5.24. The molecule has 22 heavy (non-hydrogen) atoms. The molecule has 0 saturated heterocycles. The maximum atomic E-state index is 12.1. The molecule has 10 heteroatoms. The fourth-order valence-electron chi connectivity index (χ4n) is 1.80. The van der Waals surface area contributed by atoms with E-state index in [0.717, 1.165) is 4.88 Å². The van der Waals surface area contributed by atoms with Crippen LogP contribution < -0.4 is 4.72 Å². The van der Waals surface area contributed by atoms with Crippen LogP contribution in [0.1, 0.15) is 17.3 Å². The number of alkyl halides is 3. The van der Waals surface area contributed by atoms with E-state index in [-0.39, 0.29) is 6.54 Å². The molecule has 0 amide bonds. The standard InChI is InChI=1S/C12H14F3N3O2S2/c13-12(14,15)4-8-22(19,20)17-9-10(11-3-1-7-21-11)18-6-2-5-16-18/h1-3,5-7,10,17H,4,8-9H2. The number of thiophene rings is 1. The highest BCUT2D eigenvalue weighted by molar-refractivity contribution is 7.89. The van der Waals surface area contributed by atoms with Gasteiger partial charge in [0.25, 0.3) is 0 Å². The summed E-state index contributed by atoms with van der Waals surface area (Å²) < 4.78 is 63.5. The van der Waals surface area contributed by atoms with Crippen molar-refractivity contribution in [1.29, 1.82) is 0 Å². The molecule has 0 aliphatic rings. The van der Waals surface area contributed by atoms with Crippen molar-refractivity contribution in [2.75, 3.05) is 12.3 Å². The second-order valence-corrected chi connectivity index (χ2v) is 7.46.